The molecule has 42 heavy (non-hydrogen) atoms. The number of pyridine rings is 1. The van der Waals surface area contributed by atoms with Crippen molar-refractivity contribution in [1.82, 2.24) is 29.6 Å². The van der Waals surface area contributed by atoms with Crippen molar-refractivity contribution in [2.75, 3.05) is 5.32 Å². The highest BCUT2D eigenvalue weighted by molar-refractivity contribution is 9.10. The summed E-state index contributed by atoms with van der Waals surface area (Å²) in [5.74, 6) is 2.72. The van der Waals surface area contributed by atoms with Gasteiger partial charge in [-0.25, -0.2) is 15.0 Å². The number of rotatable bonds is 6. The molecule has 0 unspecified atom stereocenters. The first kappa shape index (κ1) is 29.1. The molecule has 2 amide bonds. The van der Waals surface area contributed by atoms with E-state index in [0.29, 0.717) is 33.6 Å². The third kappa shape index (κ3) is 5.42. The molecule has 1 saturated heterocycles. The Morgan fingerprint density at radius 2 is 1.81 bits per heavy atom. The third-order valence-corrected chi connectivity index (χ3v) is 8.04. The monoisotopic (exact) mass is 627 g/mol. The molecule has 0 spiro atoms. The van der Waals surface area contributed by atoms with Gasteiger partial charge < -0.3 is 10.2 Å². The molecule has 4 heterocycles. The lowest BCUT2D eigenvalue weighted by Gasteiger charge is -2.28. The number of hydrogen-bond donors (Lipinski definition) is 1. The Kier molecular flexibility index (Phi) is 7.93. The molecule has 3 atom stereocenters. The van der Waals surface area contributed by atoms with Gasteiger partial charge in [0.15, 0.2) is 5.78 Å². The Labute approximate surface area is 252 Å². The molecule has 3 aromatic heterocycles. The zero-order valence-electron chi connectivity index (χ0n) is 24.0. The molecular weight excluding hydrogens is 598 g/mol. The van der Waals surface area contributed by atoms with Gasteiger partial charge in [0, 0.05) is 30.3 Å². The van der Waals surface area contributed by atoms with Crippen molar-refractivity contribution in [3.63, 3.8) is 0 Å². The summed E-state index contributed by atoms with van der Waals surface area (Å²) < 4.78 is 2.11. The number of amides is 2. The molecule has 1 aromatic carbocycles. The molecule has 0 aliphatic carbocycles. The van der Waals surface area contributed by atoms with Crippen molar-refractivity contribution in [3.8, 4) is 23.5 Å². The van der Waals surface area contributed by atoms with Crippen molar-refractivity contribution in [2.24, 2.45) is 5.92 Å². The molecule has 1 N–H and O–H groups in total. The van der Waals surface area contributed by atoms with E-state index in [1.165, 1.54) is 16.5 Å². The number of halogens is 1. The smallest absolute Gasteiger partial charge is 0.248 e. The van der Waals surface area contributed by atoms with Gasteiger partial charge in [0.25, 0.3) is 0 Å². The van der Waals surface area contributed by atoms with E-state index in [1.807, 2.05) is 45.9 Å². The first-order chi connectivity index (χ1) is 20.0. The van der Waals surface area contributed by atoms with Crippen LogP contribution in [0.2, 0.25) is 0 Å². The standard InChI is InChI=1S/C31H30BrN7O3/c1-7-24-17(3)11-25(31(42)36-30-16(2)8-9-26(32)35-30)39(24)27(41)15-38-29-18(4)10-21(22-13-33-20(6)34-14-22)12-23(29)28(37-38)19(5)40/h1,8-10,12-14,17,24-25H,11,15H2,2-6H3,(H,35,36,42)/t17-,24+,25-/m0/s1. The number of likely N-dealkylation sites (tertiary alicyclic amines) is 1. The van der Waals surface area contributed by atoms with Crippen molar-refractivity contribution < 1.29 is 14.4 Å². The Balaban J connectivity index is 1.50. The lowest BCUT2D eigenvalue weighted by atomic mass is 10.0. The molecule has 1 fully saturated rings. The average Bonchev–Trinajstić information content (AvgIpc) is 3.48. The summed E-state index contributed by atoms with van der Waals surface area (Å²) in [7, 11) is 0. The number of anilines is 1. The molecule has 4 aromatic rings. The van der Waals surface area contributed by atoms with Gasteiger partial charge in [-0.2, -0.15) is 5.10 Å². The first-order valence-corrected chi connectivity index (χ1v) is 14.3. The predicted octanol–water partition coefficient (Wildman–Crippen LogP) is 4.66. The fourth-order valence-electron chi connectivity index (χ4n) is 5.52. The van der Waals surface area contributed by atoms with E-state index in [-0.39, 0.29) is 35.8 Å². The molecule has 0 radical (unpaired) electrons. The van der Waals surface area contributed by atoms with Crippen molar-refractivity contribution in [2.45, 2.75) is 59.7 Å². The van der Waals surface area contributed by atoms with Crippen molar-refractivity contribution in [3.05, 3.63) is 63.9 Å². The summed E-state index contributed by atoms with van der Waals surface area (Å²) >= 11 is 3.34. The van der Waals surface area contributed by atoms with Crippen molar-refractivity contribution >= 4 is 50.2 Å². The number of nitrogens with zero attached hydrogens (tertiary/aromatic N) is 6. The average molecular weight is 629 g/mol. The summed E-state index contributed by atoms with van der Waals surface area (Å²) in [5, 5.41) is 8.05. The zero-order valence-corrected chi connectivity index (χ0v) is 25.6. The summed E-state index contributed by atoms with van der Waals surface area (Å²) in [6.45, 7) is 8.73. The van der Waals surface area contributed by atoms with Gasteiger partial charge >= 0.3 is 0 Å². The van der Waals surface area contributed by atoms with E-state index in [9.17, 15) is 14.4 Å². The minimum atomic E-state index is -0.794. The van der Waals surface area contributed by atoms with E-state index in [2.05, 4.69) is 47.2 Å². The molecule has 1 aliphatic rings. The van der Waals surface area contributed by atoms with Crippen LogP contribution in [0.1, 0.15) is 47.7 Å². The van der Waals surface area contributed by atoms with Crippen LogP contribution in [-0.4, -0.2) is 59.3 Å². The number of terminal acetylenes is 1. The van der Waals surface area contributed by atoms with Crippen LogP contribution >= 0.6 is 15.9 Å². The van der Waals surface area contributed by atoms with Crippen LogP contribution in [0, 0.1) is 39.0 Å². The normalized spacial score (nSPS) is 18.2. The zero-order chi connectivity index (χ0) is 30.3. The topological polar surface area (TPSA) is 123 Å². The summed E-state index contributed by atoms with van der Waals surface area (Å²) in [6, 6.07) is 6.08. The highest BCUT2D eigenvalue weighted by Crippen LogP contribution is 2.33. The van der Waals surface area contributed by atoms with Crippen LogP contribution in [0.5, 0.6) is 0 Å². The number of nitrogens with one attached hydrogen (secondary N) is 1. The summed E-state index contributed by atoms with van der Waals surface area (Å²) in [6.07, 6.45) is 9.74. The maximum atomic E-state index is 13.9. The third-order valence-electron chi connectivity index (χ3n) is 7.60. The molecule has 0 bridgehead atoms. The number of carbonyl (C=O) groups is 3. The minimum Gasteiger partial charge on any atom is -0.315 e. The number of hydrogen-bond acceptors (Lipinski definition) is 7. The van der Waals surface area contributed by atoms with Crippen LogP contribution in [0.25, 0.3) is 22.0 Å². The van der Waals surface area contributed by atoms with Gasteiger partial charge in [-0.05, 0) is 83.9 Å². The number of carbonyl (C=O) groups excluding carboxylic acids is 3. The molecule has 10 nitrogen and oxygen atoms in total. The van der Waals surface area contributed by atoms with Crippen LogP contribution in [0.4, 0.5) is 5.82 Å². The predicted molar refractivity (Wildman–Crippen MR) is 163 cm³/mol. The Morgan fingerprint density at radius 1 is 1.10 bits per heavy atom. The van der Waals surface area contributed by atoms with Gasteiger partial charge in [0.2, 0.25) is 11.8 Å². The first-order valence-electron chi connectivity index (χ1n) is 13.5. The lowest BCUT2D eigenvalue weighted by Crippen LogP contribution is -2.48. The summed E-state index contributed by atoms with van der Waals surface area (Å²) in [4.78, 5) is 54.5. The van der Waals surface area contributed by atoms with Crippen LogP contribution < -0.4 is 5.32 Å². The maximum absolute atomic E-state index is 13.9. The van der Waals surface area contributed by atoms with Gasteiger partial charge in [-0.3, -0.25) is 19.1 Å². The fourth-order valence-corrected chi connectivity index (χ4v) is 5.83. The number of aryl methyl sites for hydroxylation is 3. The van der Waals surface area contributed by atoms with Gasteiger partial charge in [0.1, 0.15) is 34.5 Å². The fraction of sp³-hybridized carbons (Fsp3) is 0.323. The van der Waals surface area contributed by atoms with Gasteiger partial charge in [0.05, 0.1) is 11.6 Å². The second kappa shape index (κ2) is 11.4. The van der Waals surface area contributed by atoms with Gasteiger partial charge in [-0.15, -0.1) is 6.42 Å². The number of Topliss-reactive ketones (excluding diaryl/α,β-unsaturated/α-hetero) is 1. The Morgan fingerprint density at radius 3 is 2.48 bits per heavy atom. The molecular formula is C31H30BrN7O3. The maximum Gasteiger partial charge on any atom is 0.248 e. The molecule has 5 rings (SSSR count). The largest absolute Gasteiger partial charge is 0.315 e. The second-order valence-corrected chi connectivity index (χ2v) is 11.5. The highest BCUT2D eigenvalue weighted by atomic mass is 79.9. The van der Waals surface area contributed by atoms with Crippen molar-refractivity contribution in [1.29, 1.82) is 0 Å². The Hall–Kier alpha value is -4.43. The number of benzene rings is 1. The van der Waals surface area contributed by atoms with Crippen LogP contribution in [0.3, 0.4) is 0 Å². The molecule has 214 valence electrons. The molecule has 0 saturated carbocycles. The van der Waals surface area contributed by atoms with E-state index >= 15 is 0 Å². The SMILES string of the molecule is C#C[C@@H]1[C@@H](C)C[C@@H](C(=O)Nc2nc(Br)ccc2C)N1C(=O)Cn1nc(C(C)=O)c2cc(-c3cnc(C)nc3)cc(C)c21. The second-order valence-electron chi connectivity index (χ2n) is 10.7. The molecule has 1 aliphatic heterocycles. The minimum absolute atomic E-state index is 0.102. The van der Waals surface area contributed by atoms with E-state index in [0.717, 1.165) is 22.3 Å². The number of fused-ring (bicyclic) bond motifs is 1. The quantitative estimate of drug-likeness (QED) is 0.187. The number of aromatic nitrogens is 5. The van der Waals surface area contributed by atoms with Gasteiger partial charge in [-0.1, -0.05) is 18.9 Å². The van der Waals surface area contributed by atoms with Crippen LogP contribution in [-0.2, 0) is 16.1 Å². The van der Waals surface area contributed by atoms with E-state index in [4.69, 9.17) is 6.42 Å². The highest BCUT2D eigenvalue weighted by Gasteiger charge is 2.44. The number of ketones is 1. The molecule has 11 heteroatoms. The lowest BCUT2D eigenvalue weighted by molar-refractivity contribution is -0.138. The summed E-state index contributed by atoms with van der Waals surface area (Å²) in [5.41, 5.74) is 4.16. The van der Waals surface area contributed by atoms with Crippen LogP contribution in [0.15, 0.2) is 41.3 Å². The Bertz CT molecular complexity index is 1770. The van der Waals surface area contributed by atoms with E-state index in [1.54, 1.807) is 18.5 Å². The van der Waals surface area contributed by atoms with E-state index < -0.39 is 12.1 Å².